The van der Waals surface area contributed by atoms with Gasteiger partial charge in [-0.3, -0.25) is 4.79 Å². The van der Waals surface area contributed by atoms with Gasteiger partial charge in [0.2, 0.25) is 12.1 Å². The van der Waals surface area contributed by atoms with E-state index in [2.05, 4.69) is 15.6 Å². The molecule has 1 aromatic carbocycles. The summed E-state index contributed by atoms with van der Waals surface area (Å²) in [6, 6.07) is 7.12. The van der Waals surface area contributed by atoms with Gasteiger partial charge in [0.15, 0.2) is 17.0 Å². The zero-order chi connectivity index (χ0) is 21.5. The number of benzene rings is 1. The predicted octanol–water partition coefficient (Wildman–Crippen LogP) is 3.24. The van der Waals surface area contributed by atoms with Crippen molar-refractivity contribution in [3.8, 4) is 17.7 Å². The third-order valence-corrected chi connectivity index (χ3v) is 5.21. The third-order valence-electron chi connectivity index (χ3n) is 4.03. The summed E-state index contributed by atoms with van der Waals surface area (Å²) in [5.41, 5.74) is 0.905. The molecule has 0 bridgehead atoms. The van der Waals surface area contributed by atoms with E-state index in [1.165, 1.54) is 22.8 Å². The van der Waals surface area contributed by atoms with Crippen LogP contribution in [0.15, 0.2) is 40.0 Å². The first-order valence-electron chi connectivity index (χ1n) is 9.17. The number of hydrogen-bond acceptors (Lipinski definition) is 9. The molecule has 0 radical (unpaired) electrons. The fourth-order valence-corrected chi connectivity index (χ4v) is 3.51. The van der Waals surface area contributed by atoms with Gasteiger partial charge in [-0.05, 0) is 37.1 Å². The highest BCUT2D eigenvalue weighted by Gasteiger charge is 2.27. The van der Waals surface area contributed by atoms with Gasteiger partial charge in [0.05, 0.1) is 12.2 Å². The number of nitrogens with one attached hydrogen (secondary N) is 1. The quantitative estimate of drug-likeness (QED) is 0.505. The van der Waals surface area contributed by atoms with Crippen molar-refractivity contribution in [2.45, 2.75) is 32.4 Å². The summed E-state index contributed by atoms with van der Waals surface area (Å²) in [7, 11) is 1.54. The molecule has 2 heterocycles. The number of carbonyl (C=O) groups is 1. The molecule has 0 saturated heterocycles. The average molecular weight is 427 g/mol. The topological polar surface area (TPSA) is 113 Å². The molecule has 1 aliphatic rings. The number of thioether (sulfide) groups is 1. The molecule has 1 unspecified atom stereocenters. The molecule has 0 spiro atoms. The Balaban J connectivity index is 1.60. The number of ether oxygens (including phenoxy) is 2. The molecule has 1 aromatic heterocycles. The van der Waals surface area contributed by atoms with Crippen LogP contribution in [0.3, 0.4) is 0 Å². The van der Waals surface area contributed by atoms with Crippen LogP contribution in [0.2, 0.25) is 0 Å². The number of rotatable bonds is 8. The normalized spacial score (nSPS) is 15.7. The van der Waals surface area contributed by atoms with Crippen molar-refractivity contribution in [2.24, 2.45) is 5.10 Å². The Labute approximate surface area is 178 Å². The summed E-state index contributed by atoms with van der Waals surface area (Å²) in [5.74, 6) is 1.46. The highest BCUT2D eigenvalue weighted by molar-refractivity contribution is 8.14. The van der Waals surface area contributed by atoms with Gasteiger partial charge in [0.25, 0.3) is 0 Å². The SMILES string of the molecule is CCC1=NN(C#N)C(NC(=O)/C=C\c2ccc(OCc3cc(C)on3)c(OC)c2)S1. The van der Waals surface area contributed by atoms with Gasteiger partial charge in [-0.25, -0.2) is 0 Å². The molecule has 3 rings (SSSR count). The van der Waals surface area contributed by atoms with Crippen LogP contribution in [0.4, 0.5) is 0 Å². The van der Waals surface area contributed by atoms with Crippen LogP contribution in [0.5, 0.6) is 11.5 Å². The number of methoxy groups -OCH3 is 1. The summed E-state index contributed by atoms with van der Waals surface area (Å²) in [4.78, 5) is 12.2. The Morgan fingerprint density at radius 2 is 2.27 bits per heavy atom. The fourth-order valence-electron chi connectivity index (χ4n) is 2.58. The molecule has 1 N–H and O–H groups in total. The van der Waals surface area contributed by atoms with E-state index in [4.69, 9.17) is 19.3 Å². The molecular formula is C20H21N5O4S. The van der Waals surface area contributed by atoms with E-state index in [0.29, 0.717) is 29.4 Å². The molecule has 1 amide bonds. The second-order valence-corrected chi connectivity index (χ2v) is 7.39. The zero-order valence-electron chi connectivity index (χ0n) is 16.8. The monoisotopic (exact) mass is 427 g/mol. The smallest absolute Gasteiger partial charge is 0.246 e. The molecule has 30 heavy (non-hydrogen) atoms. The summed E-state index contributed by atoms with van der Waals surface area (Å²) in [5, 5.41) is 21.9. The number of hydrazone groups is 1. The standard InChI is InChI=1S/C20H21N5O4S/c1-4-19-23-25(12-21)20(30-19)22-18(26)8-6-14-5-7-16(17(10-14)27-3)28-11-15-9-13(2)29-24-15/h5-10,20H,4,11H2,1-3H3,(H,22,26)/b8-6-. The molecule has 10 heteroatoms. The zero-order valence-corrected chi connectivity index (χ0v) is 17.6. The second-order valence-electron chi connectivity index (χ2n) is 6.23. The van der Waals surface area contributed by atoms with E-state index in [1.54, 1.807) is 37.5 Å². The van der Waals surface area contributed by atoms with Crippen LogP contribution in [0.25, 0.3) is 6.08 Å². The van der Waals surface area contributed by atoms with Crippen molar-refractivity contribution in [1.82, 2.24) is 15.5 Å². The number of hydrogen-bond donors (Lipinski definition) is 1. The Kier molecular flexibility index (Phi) is 6.98. The molecule has 0 aliphatic carbocycles. The molecular weight excluding hydrogens is 406 g/mol. The Hall–Kier alpha value is -3.45. The van der Waals surface area contributed by atoms with E-state index in [0.717, 1.165) is 10.6 Å². The van der Waals surface area contributed by atoms with E-state index in [1.807, 2.05) is 20.0 Å². The number of amides is 1. The molecule has 1 aliphatic heterocycles. The molecule has 0 fully saturated rings. The highest BCUT2D eigenvalue weighted by Crippen LogP contribution is 2.29. The minimum atomic E-state index is -0.535. The lowest BCUT2D eigenvalue weighted by molar-refractivity contribution is -0.117. The van der Waals surface area contributed by atoms with Crippen molar-refractivity contribution in [3.05, 3.63) is 47.4 Å². The Morgan fingerprint density at radius 1 is 1.43 bits per heavy atom. The summed E-state index contributed by atoms with van der Waals surface area (Å²) in [6.45, 7) is 4.01. The van der Waals surface area contributed by atoms with Gasteiger partial charge in [0, 0.05) is 12.1 Å². The van der Waals surface area contributed by atoms with Crippen LogP contribution in [-0.4, -0.2) is 33.7 Å². The van der Waals surface area contributed by atoms with Crippen LogP contribution in [0.1, 0.15) is 30.4 Å². The maximum atomic E-state index is 12.2. The summed E-state index contributed by atoms with van der Waals surface area (Å²) >= 11 is 1.35. The third kappa shape index (κ3) is 5.33. The molecule has 9 nitrogen and oxygen atoms in total. The summed E-state index contributed by atoms with van der Waals surface area (Å²) in [6.07, 6.45) is 5.70. The minimum Gasteiger partial charge on any atom is -0.493 e. The Morgan fingerprint density at radius 3 is 2.93 bits per heavy atom. The predicted molar refractivity (Wildman–Crippen MR) is 112 cm³/mol. The maximum absolute atomic E-state index is 12.2. The van der Waals surface area contributed by atoms with Crippen molar-refractivity contribution in [3.63, 3.8) is 0 Å². The first kappa shape index (κ1) is 21.3. The number of aromatic nitrogens is 1. The lowest BCUT2D eigenvalue weighted by atomic mass is 10.2. The van der Waals surface area contributed by atoms with Crippen LogP contribution >= 0.6 is 11.8 Å². The van der Waals surface area contributed by atoms with Gasteiger partial charge in [-0.1, -0.05) is 29.9 Å². The number of carbonyl (C=O) groups excluding carboxylic acids is 1. The fraction of sp³-hybridized carbons (Fsp3) is 0.300. The van der Waals surface area contributed by atoms with Crippen LogP contribution in [-0.2, 0) is 11.4 Å². The second kappa shape index (κ2) is 9.84. The number of nitriles is 1. The van der Waals surface area contributed by atoms with Gasteiger partial charge in [-0.2, -0.15) is 15.4 Å². The van der Waals surface area contributed by atoms with Crippen molar-refractivity contribution >= 4 is 28.8 Å². The van der Waals surface area contributed by atoms with Crippen LogP contribution in [0, 0.1) is 18.4 Å². The molecule has 1 atom stereocenters. The molecule has 2 aromatic rings. The van der Waals surface area contributed by atoms with Crippen LogP contribution < -0.4 is 14.8 Å². The van der Waals surface area contributed by atoms with E-state index >= 15 is 0 Å². The van der Waals surface area contributed by atoms with E-state index in [9.17, 15) is 4.79 Å². The summed E-state index contributed by atoms with van der Waals surface area (Å²) < 4.78 is 16.1. The van der Waals surface area contributed by atoms with Gasteiger partial charge >= 0.3 is 0 Å². The lowest BCUT2D eigenvalue weighted by Gasteiger charge is -2.14. The first-order chi connectivity index (χ1) is 14.5. The number of aryl methyl sites for hydroxylation is 1. The highest BCUT2D eigenvalue weighted by atomic mass is 32.2. The first-order valence-corrected chi connectivity index (χ1v) is 10.0. The van der Waals surface area contributed by atoms with E-state index in [-0.39, 0.29) is 12.5 Å². The Bertz CT molecular complexity index is 1010. The van der Waals surface area contributed by atoms with E-state index < -0.39 is 5.50 Å². The van der Waals surface area contributed by atoms with Crippen molar-refractivity contribution in [2.75, 3.05) is 7.11 Å². The largest absolute Gasteiger partial charge is 0.493 e. The average Bonchev–Trinajstić information content (AvgIpc) is 3.36. The number of nitrogens with zero attached hydrogens (tertiary/aromatic N) is 4. The van der Waals surface area contributed by atoms with Gasteiger partial charge < -0.3 is 19.3 Å². The molecule has 156 valence electrons. The molecule has 0 saturated carbocycles. The van der Waals surface area contributed by atoms with Gasteiger partial charge in [0.1, 0.15) is 18.1 Å². The van der Waals surface area contributed by atoms with Crippen molar-refractivity contribution < 1.29 is 18.8 Å². The van der Waals surface area contributed by atoms with Gasteiger partial charge in [-0.15, -0.1) is 0 Å². The maximum Gasteiger partial charge on any atom is 0.246 e. The van der Waals surface area contributed by atoms with Crippen molar-refractivity contribution in [1.29, 1.82) is 5.26 Å². The lowest BCUT2D eigenvalue weighted by Crippen LogP contribution is -2.38. The minimum absolute atomic E-state index is 0.252.